The first-order valence-electron chi connectivity index (χ1n) is 3.61. The van der Waals surface area contributed by atoms with E-state index in [2.05, 4.69) is 0 Å². The van der Waals surface area contributed by atoms with E-state index in [1.807, 2.05) is 13.8 Å². The number of alkyl halides is 1. The Kier molecular flexibility index (Phi) is 4.45. The van der Waals surface area contributed by atoms with Gasteiger partial charge in [-0.05, 0) is 6.42 Å². The minimum Gasteiger partial charge on any atom is -0.344 e. The Labute approximate surface area is 67.2 Å². The largest absolute Gasteiger partial charge is 0.344 e. The first-order chi connectivity index (χ1) is 4.72. The number of carbonyl (C=O) groups is 1. The summed E-state index contributed by atoms with van der Waals surface area (Å²) in [4.78, 5) is 12.3. The van der Waals surface area contributed by atoms with Crippen molar-refractivity contribution in [1.82, 2.24) is 4.90 Å². The number of hydrogen-bond acceptors (Lipinski definition) is 1. The molecule has 2 nitrogen and oxygen atoms in total. The average Bonchev–Trinajstić information content (AvgIpc) is 2.25. The fourth-order valence-corrected chi connectivity index (χ4v) is 1.04. The summed E-state index contributed by atoms with van der Waals surface area (Å²) in [5.74, 6) is 0.0617. The molecule has 0 bridgehead atoms. The van der Waals surface area contributed by atoms with Crippen molar-refractivity contribution in [2.75, 3.05) is 13.6 Å². The second-order valence-electron chi connectivity index (χ2n) is 2.02. The standard InChI is InChI=1S/C5H8ClNO.C2H6/c1-7-3-2-4(6)5(7)8;1-2/h4H,2-3H2,1H3;1-2H3. The van der Waals surface area contributed by atoms with Crippen LogP contribution in [0.4, 0.5) is 0 Å². The third-order valence-electron chi connectivity index (χ3n) is 1.36. The molecule has 1 amide bonds. The monoisotopic (exact) mass is 163 g/mol. The Bertz CT molecular complexity index is 104. The van der Waals surface area contributed by atoms with Crippen molar-refractivity contribution < 1.29 is 4.79 Å². The van der Waals surface area contributed by atoms with Gasteiger partial charge in [0.1, 0.15) is 5.38 Å². The lowest BCUT2D eigenvalue weighted by molar-refractivity contribution is -0.126. The van der Waals surface area contributed by atoms with Crippen molar-refractivity contribution in [1.29, 1.82) is 0 Å². The lowest BCUT2D eigenvalue weighted by Crippen LogP contribution is -2.22. The van der Waals surface area contributed by atoms with Crippen molar-refractivity contribution in [3.63, 3.8) is 0 Å². The van der Waals surface area contributed by atoms with Gasteiger partial charge >= 0.3 is 0 Å². The van der Waals surface area contributed by atoms with Gasteiger partial charge in [-0.25, -0.2) is 0 Å². The number of hydrogen-bond donors (Lipinski definition) is 0. The molecule has 1 fully saturated rings. The SMILES string of the molecule is CC.CN1CCC(Cl)C1=O. The maximum Gasteiger partial charge on any atom is 0.240 e. The molecule has 0 N–H and O–H groups in total. The van der Waals surface area contributed by atoms with E-state index in [1.165, 1.54) is 0 Å². The van der Waals surface area contributed by atoms with Crippen LogP contribution in [0.15, 0.2) is 0 Å². The zero-order valence-electron chi connectivity index (χ0n) is 6.72. The highest BCUT2D eigenvalue weighted by molar-refractivity contribution is 6.31. The molecule has 1 rings (SSSR count). The Balaban J connectivity index is 0.000000371. The van der Waals surface area contributed by atoms with Gasteiger partial charge in [0.25, 0.3) is 0 Å². The van der Waals surface area contributed by atoms with E-state index in [9.17, 15) is 4.79 Å². The first-order valence-corrected chi connectivity index (χ1v) is 4.04. The van der Waals surface area contributed by atoms with Crippen LogP contribution in [-0.2, 0) is 4.79 Å². The number of halogens is 1. The number of amides is 1. The van der Waals surface area contributed by atoms with Crippen LogP contribution < -0.4 is 0 Å². The summed E-state index contributed by atoms with van der Waals surface area (Å²) >= 11 is 5.57. The molecule has 0 aromatic carbocycles. The molecule has 1 aliphatic heterocycles. The molecule has 0 spiro atoms. The second-order valence-corrected chi connectivity index (χ2v) is 2.54. The van der Waals surface area contributed by atoms with Crippen LogP contribution in [-0.4, -0.2) is 29.8 Å². The molecule has 3 heteroatoms. The molecule has 0 radical (unpaired) electrons. The van der Waals surface area contributed by atoms with Crippen molar-refractivity contribution in [3.8, 4) is 0 Å². The number of nitrogens with zero attached hydrogens (tertiary/aromatic N) is 1. The van der Waals surface area contributed by atoms with Crippen molar-refractivity contribution in [2.24, 2.45) is 0 Å². The molecule has 0 saturated carbocycles. The summed E-state index contributed by atoms with van der Waals surface area (Å²) in [7, 11) is 1.77. The highest BCUT2D eigenvalue weighted by Crippen LogP contribution is 2.13. The minimum absolute atomic E-state index is 0.0617. The van der Waals surface area contributed by atoms with Gasteiger partial charge in [-0.15, -0.1) is 11.6 Å². The van der Waals surface area contributed by atoms with Gasteiger partial charge in [-0.2, -0.15) is 0 Å². The van der Waals surface area contributed by atoms with Crippen molar-refractivity contribution >= 4 is 17.5 Å². The molecule has 1 unspecified atom stereocenters. The minimum atomic E-state index is -0.250. The maximum atomic E-state index is 10.7. The zero-order chi connectivity index (χ0) is 8.15. The summed E-state index contributed by atoms with van der Waals surface area (Å²) < 4.78 is 0. The molecule has 0 aromatic heterocycles. The van der Waals surface area contributed by atoms with E-state index < -0.39 is 0 Å². The summed E-state index contributed by atoms with van der Waals surface area (Å²) in [6, 6.07) is 0. The van der Waals surface area contributed by atoms with Crippen LogP contribution in [0.5, 0.6) is 0 Å². The smallest absolute Gasteiger partial charge is 0.240 e. The lowest BCUT2D eigenvalue weighted by Gasteiger charge is -2.04. The normalized spacial score (nSPS) is 24.2. The molecule has 10 heavy (non-hydrogen) atoms. The zero-order valence-corrected chi connectivity index (χ0v) is 7.48. The quantitative estimate of drug-likeness (QED) is 0.496. The van der Waals surface area contributed by atoms with Crippen LogP contribution in [0.1, 0.15) is 20.3 Å². The molecule has 0 aliphatic carbocycles. The predicted octanol–water partition coefficient (Wildman–Crippen LogP) is 1.48. The topological polar surface area (TPSA) is 20.3 Å². The van der Waals surface area contributed by atoms with Gasteiger partial charge in [-0.1, -0.05) is 13.8 Å². The van der Waals surface area contributed by atoms with E-state index in [4.69, 9.17) is 11.6 Å². The van der Waals surface area contributed by atoms with E-state index in [0.29, 0.717) is 0 Å². The summed E-state index contributed by atoms with van der Waals surface area (Å²) in [6.07, 6.45) is 0.802. The Morgan fingerprint density at radius 3 is 2.20 bits per heavy atom. The Morgan fingerprint density at radius 2 is 2.10 bits per heavy atom. The highest BCUT2D eigenvalue weighted by atomic mass is 35.5. The Morgan fingerprint density at radius 1 is 1.60 bits per heavy atom. The molecule has 1 aliphatic rings. The van der Waals surface area contributed by atoms with Crippen LogP contribution >= 0.6 is 11.6 Å². The third-order valence-corrected chi connectivity index (χ3v) is 1.77. The average molecular weight is 164 g/mol. The molecular weight excluding hydrogens is 150 g/mol. The van der Waals surface area contributed by atoms with Crippen LogP contribution in [0.3, 0.4) is 0 Å². The fraction of sp³-hybridized carbons (Fsp3) is 0.857. The van der Waals surface area contributed by atoms with E-state index in [-0.39, 0.29) is 11.3 Å². The Hall–Kier alpha value is -0.240. The summed E-state index contributed by atoms with van der Waals surface area (Å²) in [5.41, 5.74) is 0. The summed E-state index contributed by atoms with van der Waals surface area (Å²) in [6.45, 7) is 4.81. The highest BCUT2D eigenvalue weighted by Gasteiger charge is 2.26. The van der Waals surface area contributed by atoms with Gasteiger partial charge in [0.05, 0.1) is 0 Å². The van der Waals surface area contributed by atoms with Gasteiger partial charge in [0, 0.05) is 13.6 Å². The lowest BCUT2D eigenvalue weighted by atomic mass is 10.4. The summed E-state index contributed by atoms with van der Waals surface area (Å²) in [5, 5.41) is -0.250. The van der Waals surface area contributed by atoms with Gasteiger partial charge in [0.2, 0.25) is 5.91 Å². The molecule has 1 atom stereocenters. The fourth-order valence-electron chi connectivity index (χ4n) is 0.780. The molecular formula is C7H14ClNO. The third kappa shape index (κ3) is 2.18. The number of likely N-dealkylation sites (tertiary alicyclic amines) is 1. The van der Waals surface area contributed by atoms with Gasteiger partial charge in [-0.3, -0.25) is 4.79 Å². The first kappa shape index (κ1) is 9.76. The van der Waals surface area contributed by atoms with Crippen LogP contribution in [0, 0.1) is 0 Å². The molecule has 1 heterocycles. The van der Waals surface area contributed by atoms with Gasteiger partial charge < -0.3 is 4.90 Å². The van der Waals surface area contributed by atoms with Crippen molar-refractivity contribution in [2.45, 2.75) is 25.6 Å². The van der Waals surface area contributed by atoms with Crippen LogP contribution in [0.25, 0.3) is 0 Å². The molecule has 1 saturated heterocycles. The van der Waals surface area contributed by atoms with E-state index in [0.717, 1.165) is 13.0 Å². The molecule has 60 valence electrons. The van der Waals surface area contributed by atoms with Crippen LogP contribution in [0.2, 0.25) is 0 Å². The van der Waals surface area contributed by atoms with E-state index in [1.54, 1.807) is 11.9 Å². The predicted molar refractivity (Wildman–Crippen MR) is 43.2 cm³/mol. The molecule has 0 aromatic rings. The maximum absolute atomic E-state index is 10.7. The number of carbonyl (C=O) groups excluding carboxylic acids is 1. The van der Waals surface area contributed by atoms with Crippen molar-refractivity contribution in [3.05, 3.63) is 0 Å². The van der Waals surface area contributed by atoms with Gasteiger partial charge in [0.15, 0.2) is 0 Å². The number of rotatable bonds is 0. The second kappa shape index (κ2) is 4.56. The van der Waals surface area contributed by atoms with E-state index >= 15 is 0 Å².